The van der Waals surface area contributed by atoms with E-state index >= 15 is 0 Å². The van der Waals surface area contributed by atoms with Crippen molar-refractivity contribution in [1.29, 1.82) is 0 Å². The van der Waals surface area contributed by atoms with Gasteiger partial charge in [-0.25, -0.2) is 9.59 Å². The highest BCUT2D eigenvalue weighted by atomic mass is 16.2. The molecule has 7 nitrogen and oxygen atoms in total. The summed E-state index contributed by atoms with van der Waals surface area (Å²) in [5.41, 5.74) is -0.724. The second-order valence-corrected chi connectivity index (χ2v) is 8.20. The van der Waals surface area contributed by atoms with Crippen LogP contribution in [0.5, 0.6) is 0 Å². The van der Waals surface area contributed by atoms with Crippen LogP contribution in [0.1, 0.15) is 85.0 Å². The standard InChI is InChI=1S/C21H38N4O3/c1-4-7-12-21(13-8-5-2)18(26)25(20(28)23-21)17-10-15-24(16-11-17)19(27)22-14-9-6-3/h17H,4-16H2,1-3H3,(H,22,27)(H,23,28). The van der Waals surface area contributed by atoms with Crippen LogP contribution >= 0.6 is 0 Å². The van der Waals surface area contributed by atoms with Crippen LogP contribution in [0.25, 0.3) is 0 Å². The van der Waals surface area contributed by atoms with Crippen LogP contribution in [-0.2, 0) is 4.79 Å². The molecule has 2 saturated heterocycles. The lowest BCUT2D eigenvalue weighted by molar-refractivity contribution is -0.134. The summed E-state index contributed by atoms with van der Waals surface area (Å²) in [4.78, 5) is 41.5. The Hall–Kier alpha value is -1.79. The molecule has 2 fully saturated rings. The van der Waals surface area contributed by atoms with Gasteiger partial charge < -0.3 is 15.5 Å². The van der Waals surface area contributed by atoms with E-state index in [1.54, 1.807) is 4.90 Å². The molecule has 0 spiro atoms. The zero-order chi connectivity index (χ0) is 20.6. The second-order valence-electron chi connectivity index (χ2n) is 8.20. The summed E-state index contributed by atoms with van der Waals surface area (Å²) >= 11 is 0. The highest BCUT2D eigenvalue weighted by Crippen LogP contribution is 2.32. The topological polar surface area (TPSA) is 81.8 Å². The molecule has 0 atom stereocenters. The van der Waals surface area contributed by atoms with E-state index in [1.165, 1.54) is 4.90 Å². The molecule has 0 aromatic rings. The van der Waals surface area contributed by atoms with Gasteiger partial charge in [0.05, 0.1) is 0 Å². The number of hydrogen-bond acceptors (Lipinski definition) is 3. The lowest BCUT2D eigenvalue weighted by Gasteiger charge is -2.36. The number of imide groups is 1. The number of carbonyl (C=O) groups is 3. The number of nitrogens with one attached hydrogen (secondary N) is 2. The third kappa shape index (κ3) is 5.17. The summed E-state index contributed by atoms with van der Waals surface area (Å²) < 4.78 is 0. The molecule has 2 aliphatic rings. The van der Waals surface area contributed by atoms with Gasteiger partial charge in [-0.15, -0.1) is 0 Å². The molecular weight excluding hydrogens is 356 g/mol. The molecule has 0 radical (unpaired) electrons. The SMILES string of the molecule is CCCCNC(=O)N1CCC(N2C(=O)NC(CCCC)(CCCC)C2=O)CC1. The van der Waals surface area contributed by atoms with E-state index in [0.29, 0.717) is 45.3 Å². The average molecular weight is 395 g/mol. The summed E-state index contributed by atoms with van der Waals surface area (Å²) in [6.07, 6.45) is 8.61. The fourth-order valence-electron chi connectivity index (χ4n) is 4.20. The van der Waals surface area contributed by atoms with Gasteiger partial charge in [-0.2, -0.15) is 0 Å². The minimum Gasteiger partial charge on any atom is -0.338 e. The van der Waals surface area contributed by atoms with Gasteiger partial charge in [0.2, 0.25) is 0 Å². The zero-order valence-corrected chi connectivity index (χ0v) is 17.9. The first-order chi connectivity index (χ1) is 13.5. The van der Waals surface area contributed by atoms with Crippen LogP contribution in [0.2, 0.25) is 0 Å². The van der Waals surface area contributed by atoms with Gasteiger partial charge >= 0.3 is 12.1 Å². The number of carbonyl (C=O) groups excluding carboxylic acids is 3. The Kier molecular flexibility index (Phi) is 8.58. The van der Waals surface area contributed by atoms with Gasteiger partial charge in [-0.1, -0.05) is 52.9 Å². The van der Waals surface area contributed by atoms with Crippen molar-refractivity contribution >= 4 is 18.0 Å². The van der Waals surface area contributed by atoms with Gasteiger partial charge in [0.25, 0.3) is 5.91 Å². The van der Waals surface area contributed by atoms with Crippen LogP contribution in [0, 0.1) is 0 Å². The van der Waals surface area contributed by atoms with Crippen molar-refractivity contribution in [2.75, 3.05) is 19.6 Å². The molecular formula is C21H38N4O3. The Morgan fingerprint density at radius 1 is 1.04 bits per heavy atom. The van der Waals surface area contributed by atoms with Gasteiger partial charge in [0.1, 0.15) is 5.54 Å². The molecule has 2 rings (SSSR count). The molecule has 0 aliphatic carbocycles. The molecule has 2 heterocycles. The Balaban J connectivity index is 1.97. The quantitative estimate of drug-likeness (QED) is 0.438. The summed E-state index contributed by atoms with van der Waals surface area (Å²) in [7, 11) is 0. The number of piperidine rings is 1. The van der Waals surface area contributed by atoms with Crippen LogP contribution < -0.4 is 10.6 Å². The van der Waals surface area contributed by atoms with Crippen LogP contribution in [0.3, 0.4) is 0 Å². The van der Waals surface area contributed by atoms with Crippen LogP contribution in [0.4, 0.5) is 9.59 Å². The average Bonchev–Trinajstić information content (AvgIpc) is 2.95. The van der Waals surface area contributed by atoms with Crippen molar-refractivity contribution in [2.45, 2.75) is 96.6 Å². The summed E-state index contributed by atoms with van der Waals surface area (Å²) in [5.74, 6) is -0.0507. The number of hydrogen-bond donors (Lipinski definition) is 2. The van der Waals surface area contributed by atoms with Crippen molar-refractivity contribution in [3.63, 3.8) is 0 Å². The summed E-state index contributed by atoms with van der Waals surface area (Å²) in [6, 6.07) is -0.398. The van der Waals surface area contributed by atoms with Gasteiger partial charge in [0.15, 0.2) is 0 Å². The predicted molar refractivity (Wildman–Crippen MR) is 110 cm³/mol. The maximum atomic E-state index is 13.3. The van der Waals surface area contributed by atoms with E-state index in [9.17, 15) is 14.4 Å². The molecule has 0 unspecified atom stereocenters. The number of unbranched alkanes of at least 4 members (excludes halogenated alkanes) is 3. The normalized spacial score (nSPS) is 19.8. The number of likely N-dealkylation sites (tertiary alicyclic amines) is 1. The van der Waals surface area contributed by atoms with Crippen molar-refractivity contribution in [1.82, 2.24) is 20.4 Å². The maximum Gasteiger partial charge on any atom is 0.325 e. The molecule has 2 aliphatic heterocycles. The number of urea groups is 2. The molecule has 28 heavy (non-hydrogen) atoms. The Morgan fingerprint density at radius 3 is 2.14 bits per heavy atom. The van der Waals surface area contributed by atoms with E-state index in [1.807, 2.05) is 0 Å². The molecule has 0 bridgehead atoms. The van der Waals surface area contributed by atoms with E-state index in [-0.39, 0.29) is 24.0 Å². The third-order valence-electron chi connectivity index (χ3n) is 6.03. The number of rotatable bonds is 10. The monoisotopic (exact) mass is 394 g/mol. The van der Waals surface area contributed by atoms with Gasteiger partial charge in [-0.05, 0) is 32.1 Å². The predicted octanol–water partition coefficient (Wildman–Crippen LogP) is 3.63. The molecule has 7 heteroatoms. The second kappa shape index (κ2) is 10.7. The van der Waals surface area contributed by atoms with Crippen molar-refractivity contribution in [2.24, 2.45) is 0 Å². The molecule has 0 aromatic carbocycles. The Labute approximate surface area is 169 Å². The van der Waals surface area contributed by atoms with Crippen LogP contribution in [0.15, 0.2) is 0 Å². The highest BCUT2D eigenvalue weighted by molar-refractivity contribution is 6.07. The summed E-state index contributed by atoms with van der Waals surface area (Å²) in [6.45, 7) is 8.16. The fourth-order valence-corrected chi connectivity index (χ4v) is 4.20. The number of nitrogens with zero attached hydrogens (tertiary/aromatic N) is 2. The number of amides is 5. The van der Waals surface area contributed by atoms with E-state index in [0.717, 1.165) is 38.5 Å². The zero-order valence-electron chi connectivity index (χ0n) is 17.9. The third-order valence-corrected chi connectivity index (χ3v) is 6.03. The van der Waals surface area contributed by atoms with E-state index < -0.39 is 5.54 Å². The van der Waals surface area contributed by atoms with Crippen molar-refractivity contribution in [3.05, 3.63) is 0 Å². The van der Waals surface area contributed by atoms with Gasteiger partial charge in [-0.3, -0.25) is 9.69 Å². The molecule has 0 saturated carbocycles. The first-order valence-corrected chi connectivity index (χ1v) is 11.2. The van der Waals surface area contributed by atoms with Crippen molar-refractivity contribution in [3.8, 4) is 0 Å². The fraction of sp³-hybridized carbons (Fsp3) is 0.857. The van der Waals surface area contributed by atoms with E-state index in [4.69, 9.17) is 0 Å². The maximum absolute atomic E-state index is 13.3. The van der Waals surface area contributed by atoms with Gasteiger partial charge in [0, 0.05) is 25.7 Å². The first kappa shape index (κ1) is 22.5. The molecule has 5 amide bonds. The smallest absolute Gasteiger partial charge is 0.325 e. The van der Waals surface area contributed by atoms with E-state index in [2.05, 4.69) is 31.4 Å². The Morgan fingerprint density at radius 2 is 1.61 bits per heavy atom. The molecule has 0 aromatic heterocycles. The minimum atomic E-state index is -0.724. The molecule has 2 N–H and O–H groups in total. The molecule has 160 valence electrons. The highest BCUT2D eigenvalue weighted by Gasteiger charge is 2.52. The largest absolute Gasteiger partial charge is 0.338 e. The first-order valence-electron chi connectivity index (χ1n) is 11.2. The van der Waals surface area contributed by atoms with Crippen molar-refractivity contribution < 1.29 is 14.4 Å². The summed E-state index contributed by atoms with van der Waals surface area (Å²) in [5, 5.41) is 5.99. The lowest BCUT2D eigenvalue weighted by Crippen LogP contribution is -2.52. The Bertz CT molecular complexity index is 536. The minimum absolute atomic E-state index is 0.0376. The van der Waals surface area contributed by atoms with Crippen LogP contribution in [-0.4, -0.2) is 59.0 Å². The lowest BCUT2D eigenvalue weighted by atomic mass is 9.86.